The molecule has 1 aliphatic rings. The lowest BCUT2D eigenvalue weighted by Crippen LogP contribution is -2.37. The van der Waals surface area contributed by atoms with Crippen molar-refractivity contribution in [1.82, 2.24) is 4.90 Å². The highest BCUT2D eigenvalue weighted by Gasteiger charge is 2.31. The molecule has 1 N–H and O–H groups in total. The first-order valence-corrected chi connectivity index (χ1v) is 7.29. The molecule has 2 aromatic rings. The van der Waals surface area contributed by atoms with Crippen LogP contribution in [0.1, 0.15) is 29.7 Å². The molecule has 3 rings (SSSR count). The summed E-state index contributed by atoms with van der Waals surface area (Å²) in [5.41, 5.74) is 3.87. The van der Waals surface area contributed by atoms with Gasteiger partial charge in [-0.2, -0.15) is 0 Å². The molecule has 0 saturated carbocycles. The summed E-state index contributed by atoms with van der Waals surface area (Å²) >= 11 is 0. The van der Waals surface area contributed by atoms with E-state index in [1.807, 2.05) is 55.5 Å². The number of para-hydroxylation sites is 1. The number of aryl methyl sites for hydroxylation is 1. The van der Waals surface area contributed by atoms with Crippen LogP contribution >= 0.6 is 0 Å². The topological polar surface area (TPSA) is 49.4 Å². The standard InChI is InChI=1S/C18H18N2O2/c1-12-7-9-14(10-8-12)18-15-5-3-4-6-16(15)19-17(22)11-20(18)13(2)21/h3-10,18H,11H2,1-2H3,(H,19,22)/t18-/m0/s1. The first-order valence-electron chi connectivity index (χ1n) is 7.29. The molecule has 2 aromatic carbocycles. The maximum absolute atomic E-state index is 12.1. The Hall–Kier alpha value is -2.62. The summed E-state index contributed by atoms with van der Waals surface area (Å²) < 4.78 is 0. The highest BCUT2D eigenvalue weighted by atomic mass is 16.2. The predicted molar refractivity (Wildman–Crippen MR) is 85.5 cm³/mol. The van der Waals surface area contributed by atoms with Crippen LogP contribution in [0.2, 0.25) is 0 Å². The van der Waals surface area contributed by atoms with E-state index < -0.39 is 0 Å². The molecule has 22 heavy (non-hydrogen) atoms. The van der Waals surface area contributed by atoms with Gasteiger partial charge in [-0.25, -0.2) is 0 Å². The van der Waals surface area contributed by atoms with E-state index in [9.17, 15) is 9.59 Å². The van der Waals surface area contributed by atoms with E-state index in [0.717, 1.165) is 22.4 Å². The number of fused-ring (bicyclic) bond motifs is 1. The second-order valence-corrected chi connectivity index (χ2v) is 5.60. The Morgan fingerprint density at radius 3 is 2.50 bits per heavy atom. The Bertz CT molecular complexity index is 722. The highest BCUT2D eigenvalue weighted by Crippen LogP contribution is 2.35. The third-order valence-corrected chi connectivity index (χ3v) is 3.95. The summed E-state index contributed by atoms with van der Waals surface area (Å²) in [6, 6.07) is 15.5. The van der Waals surface area contributed by atoms with Gasteiger partial charge in [0.15, 0.2) is 0 Å². The number of anilines is 1. The number of benzene rings is 2. The summed E-state index contributed by atoms with van der Waals surface area (Å²) in [4.78, 5) is 25.8. The van der Waals surface area contributed by atoms with Gasteiger partial charge < -0.3 is 10.2 Å². The number of rotatable bonds is 1. The Morgan fingerprint density at radius 1 is 1.14 bits per heavy atom. The highest BCUT2D eigenvalue weighted by molar-refractivity contribution is 5.96. The molecule has 0 fully saturated rings. The van der Waals surface area contributed by atoms with Crippen LogP contribution < -0.4 is 5.32 Å². The maximum atomic E-state index is 12.1. The molecule has 0 aliphatic carbocycles. The van der Waals surface area contributed by atoms with E-state index in [1.54, 1.807) is 4.90 Å². The molecule has 0 bridgehead atoms. The van der Waals surface area contributed by atoms with Crippen molar-refractivity contribution in [1.29, 1.82) is 0 Å². The molecule has 2 amide bonds. The van der Waals surface area contributed by atoms with E-state index >= 15 is 0 Å². The molecule has 1 heterocycles. The van der Waals surface area contributed by atoms with Crippen LogP contribution in [-0.4, -0.2) is 23.3 Å². The van der Waals surface area contributed by atoms with Crippen molar-refractivity contribution in [2.75, 3.05) is 11.9 Å². The number of carbonyl (C=O) groups excluding carboxylic acids is 2. The van der Waals surface area contributed by atoms with E-state index in [4.69, 9.17) is 0 Å². The SMILES string of the molecule is CC(=O)N1CC(=O)Nc2ccccc2[C@@H]1c1ccc(C)cc1. The third kappa shape index (κ3) is 2.60. The lowest BCUT2D eigenvalue weighted by Gasteiger charge is -2.29. The van der Waals surface area contributed by atoms with Crippen molar-refractivity contribution in [2.24, 2.45) is 0 Å². The van der Waals surface area contributed by atoms with E-state index in [1.165, 1.54) is 6.92 Å². The van der Waals surface area contributed by atoms with Gasteiger partial charge in [-0.3, -0.25) is 9.59 Å². The monoisotopic (exact) mass is 294 g/mol. The first-order chi connectivity index (χ1) is 10.6. The lowest BCUT2D eigenvalue weighted by atomic mass is 9.95. The molecular formula is C18H18N2O2. The molecule has 1 aliphatic heterocycles. The van der Waals surface area contributed by atoms with Gasteiger partial charge in [-0.15, -0.1) is 0 Å². The average Bonchev–Trinajstić information content (AvgIpc) is 2.64. The smallest absolute Gasteiger partial charge is 0.244 e. The van der Waals surface area contributed by atoms with Crippen LogP contribution in [0.25, 0.3) is 0 Å². The maximum Gasteiger partial charge on any atom is 0.244 e. The van der Waals surface area contributed by atoms with Gasteiger partial charge in [0.1, 0.15) is 6.54 Å². The fourth-order valence-electron chi connectivity index (χ4n) is 2.85. The minimum absolute atomic E-state index is 0.0581. The van der Waals surface area contributed by atoms with Gasteiger partial charge in [0.25, 0.3) is 0 Å². The molecule has 1 atom stereocenters. The van der Waals surface area contributed by atoms with E-state index in [0.29, 0.717) is 0 Å². The second-order valence-electron chi connectivity index (χ2n) is 5.60. The summed E-state index contributed by atoms with van der Waals surface area (Å²) in [5.74, 6) is -0.283. The lowest BCUT2D eigenvalue weighted by molar-refractivity contribution is -0.134. The first kappa shape index (κ1) is 14.3. The molecule has 4 heteroatoms. The minimum atomic E-state index is -0.256. The average molecular weight is 294 g/mol. The minimum Gasteiger partial charge on any atom is -0.324 e. The molecule has 0 unspecified atom stereocenters. The van der Waals surface area contributed by atoms with Gasteiger partial charge in [-0.05, 0) is 18.6 Å². The van der Waals surface area contributed by atoms with Crippen LogP contribution in [0.15, 0.2) is 48.5 Å². The van der Waals surface area contributed by atoms with Crippen molar-refractivity contribution in [3.05, 3.63) is 65.2 Å². The molecule has 0 spiro atoms. The Morgan fingerprint density at radius 2 is 1.82 bits per heavy atom. The number of nitrogens with one attached hydrogen (secondary N) is 1. The van der Waals surface area contributed by atoms with Gasteiger partial charge in [0.2, 0.25) is 11.8 Å². The number of hydrogen-bond donors (Lipinski definition) is 1. The van der Waals surface area contributed by atoms with Crippen LogP contribution in [-0.2, 0) is 9.59 Å². The molecule has 0 radical (unpaired) electrons. The van der Waals surface area contributed by atoms with Crippen LogP contribution in [0.4, 0.5) is 5.69 Å². The normalized spacial score (nSPS) is 17.5. The fraction of sp³-hybridized carbons (Fsp3) is 0.222. The zero-order valence-corrected chi connectivity index (χ0v) is 12.7. The largest absolute Gasteiger partial charge is 0.324 e. The van der Waals surface area contributed by atoms with Crippen LogP contribution in [0, 0.1) is 6.92 Å². The number of carbonyl (C=O) groups is 2. The van der Waals surface area contributed by atoms with Crippen molar-refractivity contribution >= 4 is 17.5 Å². The van der Waals surface area contributed by atoms with E-state index in [2.05, 4.69) is 5.32 Å². The molecular weight excluding hydrogens is 276 g/mol. The van der Waals surface area contributed by atoms with Crippen molar-refractivity contribution < 1.29 is 9.59 Å². The summed E-state index contributed by atoms with van der Waals surface area (Å²) in [6.45, 7) is 3.59. The Kier molecular flexibility index (Phi) is 3.67. The number of nitrogens with zero attached hydrogens (tertiary/aromatic N) is 1. The quantitative estimate of drug-likeness (QED) is 0.879. The molecule has 4 nitrogen and oxygen atoms in total. The van der Waals surface area contributed by atoms with Gasteiger partial charge >= 0.3 is 0 Å². The van der Waals surface area contributed by atoms with Crippen molar-refractivity contribution in [3.63, 3.8) is 0 Å². The third-order valence-electron chi connectivity index (χ3n) is 3.95. The van der Waals surface area contributed by atoms with Crippen molar-refractivity contribution in [3.8, 4) is 0 Å². The molecule has 0 saturated heterocycles. The summed E-state index contributed by atoms with van der Waals surface area (Å²) in [5, 5.41) is 2.89. The zero-order chi connectivity index (χ0) is 15.7. The van der Waals surface area contributed by atoms with Gasteiger partial charge in [0.05, 0.1) is 6.04 Å². The van der Waals surface area contributed by atoms with Gasteiger partial charge in [0, 0.05) is 18.2 Å². The van der Waals surface area contributed by atoms with Crippen molar-refractivity contribution in [2.45, 2.75) is 19.9 Å². The Balaban J connectivity index is 2.18. The zero-order valence-electron chi connectivity index (χ0n) is 12.7. The summed E-state index contributed by atoms with van der Waals surface area (Å²) in [6.07, 6.45) is 0. The fourth-order valence-corrected chi connectivity index (χ4v) is 2.85. The van der Waals surface area contributed by atoms with E-state index in [-0.39, 0.29) is 24.4 Å². The molecule has 0 aromatic heterocycles. The molecule has 112 valence electrons. The number of amides is 2. The Labute approximate surface area is 129 Å². The summed E-state index contributed by atoms with van der Waals surface area (Å²) in [7, 11) is 0. The van der Waals surface area contributed by atoms with Crippen LogP contribution in [0.3, 0.4) is 0 Å². The van der Waals surface area contributed by atoms with Crippen LogP contribution in [0.5, 0.6) is 0 Å². The number of hydrogen-bond acceptors (Lipinski definition) is 2. The predicted octanol–water partition coefficient (Wildman–Crippen LogP) is 2.89. The van der Waals surface area contributed by atoms with Gasteiger partial charge in [-0.1, -0.05) is 48.0 Å². The second kappa shape index (κ2) is 5.64.